The van der Waals surface area contributed by atoms with E-state index in [0.29, 0.717) is 19.0 Å². The number of carbonyl (C=O) groups is 1. The molecule has 1 saturated heterocycles. The molecule has 1 aromatic rings. The fourth-order valence-electron chi connectivity index (χ4n) is 2.57. The Morgan fingerprint density at radius 2 is 1.81 bits per heavy atom. The average Bonchev–Trinajstić information content (AvgIpc) is 2.89. The Balaban J connectivity index is 2.21. The molecule has 1 aliphatic rings. The molecular weight excluding hydrogens is 290 g/mol. The molecule has 21 heavy (non-hydrogen) atoms. The number of hydrogen-bond donors (Lipinski definition) is 1. The summed E-state index contributed by atoms with van der Waals surface area (Å²) in [5.74, 6) is -0.724. The lowest BCUT2D eigenvalue weighted by Crippen LogP contribution is -2.31. The van der Waals surface area contributed by atoms with Crippen LogP contribution in [0.2, 0.25) is 0 Å². The largest absolute Gasteiger partial charge is 0.478 e. The Bertz CT molecular complexity index is 629. The van der Waals surface area contributed by atoms with Crippen LogP contribution in [0, 0.1) is 11.3 Å². The number of sulfonamides is 1. The van der Waals surface area contributed by atoms with Gasteiger partial charge in [-0.25, -0.2) is 13.2 Å². The highest BCUT2D eigenvalue weighted by Crippen LogP contribution is 2.35. The second kappa shape index (κ2) is 5.42. The smallest absolute Gasteiger partial charge is 0.335 e. The summed E-state index contributed by atoms with van der Waals surface area (Å²) >= 11 is 0. The third-order valence-electron chi connectivity index (χ3n) is 4.11. The van der Waals surface area contributed by atoms with Crippen molar-refractivity contribution >= 4 is 16.0 Å². The van der Waals surface area contributed by atoms with Crippen LogP contribution in [0.4, 0.5) is 0 Å². The van der Waals surface area contributed by atoms with E-state index >= 15 is 0 Å². The quantitative estimate of drug-likeness (QED) is 0.930. The molecule has 0 spiro atoms. The highest BCUT2D eigenvalue weighted by atomic mass is 32.2. The van der Waals surface area contributed by atoms with Crippen molar-refractivity contribution in [3.63, 3.8) is 0 Å². The fraction of sp³-hybridized carbons (Fsp3) is 0.533. The molecule has 1 atom stereocenters. The molecule has 1 heterocycles. The SMILES string of the molecule is CC(C)(C)C1CCN(S(=O)(=O)c2ccc(C(=O)O)cc2)C1. The normalized spacial score (nSPS) is 20.6. The van der Waals surface area contributed by atoms with Crippen LogP contribution in [0.15, 0.2) is 29.2 Å². The first-order valence-corrected chi connectivity index (χ1v) is 8.40. The molecule has 6 heteroatoms. The zero-order chi connectivity index (χ0) is 15.8. The Morgan fingerprint density at radius 1 is 1.24 bits per heavy atom. The molecule has 2 rings (SSSR count). The Morgan fingerprint density at radius 3 is 2.24 bits per heavy atom. The van der Waals surface area contributed by atoms with Gasteiger partial charge in [-0.1, -0.05) is 20.8 Å². The van der Waals surface area contributed by atoms with Crippen molar-refractivity contribution in [3.05, 3.63) is 29.8 Å². The summed E-state index contributed by atoms with van der Waals surface area (Å²) in [5, 5.41) is 8.85. The highest BCUT2D eigenvalue weighted by Gasteiger charge is 2.37. The summed E-state index contributed by atoms with van der Waals surface area (Å²) in [6.45, 7) is 7.40. The maximum Gasteiger partial charge on any atom is 0.335 e. The molecule has 1 aromatic carbocycles. The van der Waals surface area contributed by atoms with E-state index in [1.165, 1.54) is 28.6 Å². The first-order chi connectivity index (χ1) is 9.62. The molecule has 1 fully saturated rings. The zero-order valence-electron chi connectivity index (χ0n) is 12.5. The summed E-state index contributed by atoms with van der Waals surface area (Å²) in [6, 6.07) is 5.38. The summed E-state index contributed by atoms with van der Waals surface area (Å²) < 4.78 is 26.6. The Labute approximate surface area is 125 Å². The molecule has 0 amide bonds. The van der Waals surface area contributed by atoms with Gasteiger partial charge < -0.3 is 5.11 Å². The number of carboxylic acid groups (broad SMARTS) is 1. The van der Waals surface area contributed by atoms with Gasteiger partial charge in [-0.3, -0.25) is 0 Å². The molecule has 1 unspecified atom stereocenters. The minimum Gasteiger partial charge on any atom is -0.478 e. The van der Waals surface area contributed by atoms with Gasteiger partial charge in [0.15, 0.2) is 0 Å². The van der Waals surface area contributed by atoms with Crippen molar-refractivity contribution in [1.29, 1.82) is 0 Å². The lowest BCUT2D eigenvalue weighted by Gasteiger charge is -2.26. The molecule has 0 saturated carbocycles. The predicted octanol–water partition coefficient (Wildman–Crippen LogP) is 2.44. The first-order valence-electron chi connectivity index (χ1n) is 6.96. The van der Waals surface area contributed by atoms with E-state index in [2.05, 4.69) is 20.8 Å². The van der Waals surface area contributed by atoms with Crippen LogP contribution in [-0.2, 0) is 10.0 Å². The van der Waals surface area contributed by atoms with Crippen LogP contribution in [0.25, 0.3) is 0 Å². The molecule has 0 radical (unpaired) electrons. The molecule has 0 aliphatic carbocycles. The standard InChI is InChI=1S/C15H21NO4S/c1-15(2,3)12-8-9-16(10-12)21(19,20)13-6-4-11(5-7-13)14(17)18/h4-7,12H,8-10H2,1-3H3,(H,17,18). The van der Waals surface area contributed by atoms with Crippen molar-refractivity contribution < 1.29 is 18.3 Å². The van der Waals surface area contributed by atoms with Crippen LogP contribution in [0.5, 0.6) is 0 Å². The van der Waals surface area contributed by atoms with Gasteiger partial charge in [0.05, 0.1) is 10.5 Å². The van der Waals surface area contributed by atoms with Crippen molar-refractivity contribution in [2.75, 3.05) is 13.1 Å². The number of benzene rings is 1. The summed E-state index contributed by atoms with van der Waals surface area (Å²) in [4.78, 5) is 11.0. The molecular formula is C15H21NO4S. The minimum absolute atomic E-state index is 0.0808. The third kappa shape index (κ3) is 3.27. The van der Waals surface area contributed by atoms with Crippen molar-refractivity contribution in [2.24, 2.45) is 11.3 Å². The van der Waals surface area contributed by atoms with Crippen LogP contribution >= 0.6 is 0 Å². The van der Waals surface area contributed by atoms with Gasteiger partial charge in [-0.2, -0.15) is 4.31 Å². The van der Waals surface area contributed by atoms with Crippen molar-refractivity contribution in [1.82, 2.24) is 4.31 Å². The minimum atomic E-state index is -3.53. The van der Waals surface area contributed by atoms with Crippen LogP contribution < -0.4 is 0 Å². The molecule has 0 aromatic heterocycles. The Hall–Kier alpha value is -1.40. The lowest BCUT2D eigenvalue weighted by molar-refractivity contribution is 0.0696. The van der Waals surface area contributed by atoms with E-state index in [1.54, 1.807) is 0 Å². The second-order valence-electron chi connectivity index (χ2n) is 6.54. The van der Waals surface area contributed by atoms with E-state index < -0.39 is 16.0 Å². The number of aromatic carboxylic acids is 1. The summed E-state index contributed by atoms with van der Waals surface area (Å²) in [6.07, 6.45) is 0.857. The maximum absolute atomic E-state index is 12.6. The topological polar surface area (TPSA) is 74.7 Å². The van der Waals surface area contributed by atoms with Gasteiger partial charge in [0.25, 0.3) is 0 Å². The number of nitrogens with zero attached hydrogens (tertiary/aromatic N) is 1. The van der Waals surface area contributed by atoms with E-state index in [9.17, 15) is 13.2 Å². The molecule has 5 nitrogen and oxygen atoms in total. The van der Waals surface area contributed by atoms with Crippen molar-refractivity contribution in [3.8, 4) is 0 Å². The van der Waals surface area contributed by atoms with E-state index in [0.717, 1.165) is 6.42 Å². The van der Waals surface area contributed by atoms with Crippen LogP contribution in [-0.4, -0.2) is 36.9 Å². The number of rotatable bonds is 3. The average molecular weight is 311 g/mol. The van der Waals surface area contributed by atoms with Crippen LogP contribution in [0.3, 0.4) is 0 Å². The monoisotopic (exact) mass is 311 g/mol. The zero-order valence-corrected chi connectivity index (χ0v) is 13.4. The Kier molecular flexibility index (Phi) is 4.13. The van der Waals surface area contributed by atoms with E-state index in [4.69, 9.17) is 5.11 Å². The maximum atomic E-state index is 12.6. The lowest BCUT2D eigenvalue weighted by atomic mass is 9.80. The third-order valence-corrected chi connectivity index (χ3v) is 5.99. The fourth-order valence-corrected chi connectivity index (χ4v) is 4.07. The van der Waals surface area contributed by atoms with Crippen molar-refractivity contribution in [2.45, 2.75) is 32.1 Å². The van der Waals surface area contributed by atoms with Gasteiger partial charge in [0.1, 0.15) is 0 Å². The highest BCUT2D eigenvalue weighted by molar-refractivity contribution is 7.89. The summed E-state index contributed by atoms with van der Waals surface area (Å²) in [7, 11) is -3.53. The van der Waals surface area contributed by atoms with Gasteiger partial charge in [0.2, 0.25) is 10.0 Å². The number of hydrogen-bond acceptors (Lipinski definition) is 3. The second-order valence-corrected chi connectivity index (χ2v) is 8.48. The van der Waals surface area contributed by atoms with E-state index in [1.807, 2.05) is 0 Å². The predicted molar refractivity (Wildman–Crippen MR) is 79.7 cm³/mol. The molecule has 116 valence electrons. The van der Waals surface area contributed by atoms with Gasteiger partial charge >= 0.3 is 5.97 Å². The van der Waals surface area contributed by atoms with Gasteiger partial charge in [-0.05, 0) is 42.0 Å². The first kappa shape index (κ1) is 16.0. The van der Waals surface area contributed by atoms with Gasteiger partial charge in [-0.15, -0.1) is 0 Å². The van der Waals surface area contributed by atoms with Crippen LogP contribution in [0.1, 0.15) is 37.6 Å². The number of carboxylic acids is 1. The molecule has 0 bridgehead atoms. The van der Waals surface area contributed by atoms with Gasteiger partial charge in [0, 0.05) is 13.1 Å². The summed E-state index contributed by atoms with van der Waals surface area (Å²) in [5.41, 5.74) is 0.167. The van der Waals surface area contributed by atoms with E-state index in [-0.39, 0.29) is 15.9 Å². The molecule has 1 aliphatic heterocycles. The molecule has 1 N–H and O–H groups in total.